The van der Waals surface area contributed by atoms with Crippen LogP contribution in [0.15, 0.2) is 36.5 Å². The van der Waals surface area contributed by atoms with Crippen molar-refractivity contribution in [2.75, 3.05) is 6.61 Å². The van der Waals surface area contributed by atoms with E-state index in [4.69, 9.17) is 0 Å². The van der Waals surface area contributed by atoms with Crippen LogP contribution in [-0.2, 0) is 20.0 Å². The van der Waals surface area contributed by atoms with Crippen molar-refractivity contribution in [2.24, 2.45) is 12.5 Å². The number of hydrogen-bond donors (Lipinski definition) is 1. The highest BCUT2D eigenvalue weighted by Gasteiger charge is 2.55. The van der Waals surface area contributed by atoms with Gasteiger partial charge in [-0.25, -0.2) is 4.98 Å². The molecule has 2 aliphatic heterocycles. The largest absolute Gasteiger partial charge is 0.396 e. The zero-order valence-corrected chi connectivity index (χ0v) is 14.7. The predicted molar refractivity (Wildman–Crippen MR) is 94.6 cm³/mol. The molecule has 0 unspecified atom stereocenters. The lowest BCUT2D eigenvalue weighted by atomic mass is 9.70. The Labute approximate surface area is 144 Å². The number of aliphatic hydroxyl groups excluding tert-OH is 1. The van der Waals surface area contributed by atoms with Crippen LogP contribution in [0, 0.1) is 12.3 Å². The summed E-state index contributed by atoms with van der Waals surface area (Å²) in [6, 6.07) is 11.7. The maximum absolute atomic E-state index is 10.3. The lowest BCUT2D eigenvalue weighted by molar-refractivity contribution is 0.0746. The maximum Gasteiger partial charge on any atom is 0.105 e. The monoisotopic (exact) mass is 325 g/mol. The molecule has 0 aliphatic carbocycles. The minimum absolute atomic E-state index is 0.0118. The standard InChI is InChI=1S/C20H27N3O/c1-15-21-12-18(22(15)2)13-23-17-8-9-19(23)20(11-17,14-24)10-16-6-4-3-5-7-16/h3-7,12,17,19,24H,8-11,13-14H2,1-2H3/t17-,19+,20-/m0/s1. The van der Waals surface area contributed by atoms with Gasteiger partial charge in [0.2, 0.25) is 0 Å². The van der Waals surface area contributed by atoms with E-state index in [1.165, 1.54) is 24.1 Å². The van der Waals surface area contributed by atoms with Crippen LogP contribution in [0.25, 0.3) is 0 Å². The molecule has 0 saturated carbocycles. The van der Waals surface area contributed by atoms with E-state index < -0.39 is 0 Å². The van der Waals surface area contributed by atoms with Crippen molar-refractivity contribution in [3.63, 3.8) is 0 Å². The van der Waals surface area contributed by atoms with Crippen molar-refractivity contribution >= 4 is 0 Å². The van der Waals surface area contributed by atoms with E-state index in [-0.39, 0.29) is 12.0 Å². The second-order valence-corrected chi connectivity index (χ2v) is 7.66. The van der Waals surface area contributed by atoms with Gasteiger partial charge in [0.25, 0.3) is 0 Å². The van der Waals surface area contributed by atoms with E-state index in [2.05, 4.69) is 58.8 Å². The molecule has 4 heteroatoms. The van der Waals surface area contributed by atoms with E-state index in [0.29, 0.717) is 12.1 Å². The Bertz CT molecular complexity index is 711. The molecule has 3 heterocycles. The van der Waals surface area contributed by atoms with Gasteiger partial charge in [-0.05, 0) is 38.2 Å². The lowest BCUT2D eigenvalue weighted by Gasteiger charge is -2.36. The number of aliphatic hydroxyl groups is 1. The molecule has 1 aromatic heterocycles. The number of nitrogens with zero attached hydrogens (tertiary/aromatic N) is 3. The molecule has 4 nitrogen and oxygen atoms in total. The molecule has 0 spiro atoms. The maximum atomic E-state index is 10.3. The first-order valence-electron chi connectivity index (χ1n) is 9.01. The smallest absolute Gasteiger partial charge is 0.105 e. The molecule has 2 fully saturated rings. The van der Waals surface area contributed by atoms with Gasteiger partial charge in [0.05, 0.1) is 12.3 Å². The highest BCUT2D eigenvalue weighted by atomic mass is 16.3. The van der Waals surface area contributed by atoms with Crippen LogP contribution in [0.1, 0.15) is 36.3 Å². The summed E-state index contributed by atoms with van der Waals surface area (Å²) in [6.45, 7) is 3.28. The highest BCUT2D eigenvalue weighted by molar-refractivity contribution is 5.21. The van der Waals surface area contributed by atoms with Gasteiger partial charge in [-0.3, -0.25) is 4.90 Å². The summed E-state index contributed by atoms with van der Waals surface area (Å²) < 4.78 is 2.19. The van der Waals surface area contributed by atoms with E-state index in [1.807, 2.05) is 6.20 Å². The van der Waals surface area contributed by atoms with Crippen LogP contribution in [0.2, 0.25) is 0 Å². The summed E-state index contributed by atoms with van der Waals surface area (Å²) in [7, 11) is 2.10. The topological polar surface area (TPSA) is 41.3 Å². The normalized spacial score (nSPS) is 29.5. The van der Waals surface area contributed by atoms with Gasteiger partial charge in [-0.1, -0.05) is 30.3 Å². The van der Waals surface area contributed by atoms with E-state index in [1.54, 1.807) is 0 Å². The average molecular weight is 325 g/mol. The molecule has 3 atom stereocenters. The molecule has 2 aromatic rings. The quantitative estimate of drug-likeness (QED) is 0.919. The van der Waals surface area contributed by atoms with Crippen molar-refractivity contribution in [1.82, 2.24) is 14.5 Å². The van der Waals surface area contributed by atoms with Crippen molar-refractivity contribution < 1.29 is 5.11 Å². The zero-order chi connectivity index (χ0) is 16.7. The second-order valence-electron chi connectivity index (χ2n) is 7.66. The van der Waals surface area contributed by atoms with E-state index in [9.17, 15) is 5.11 Å². The van der Waals surface area contributed by atoms with E-state index >= 15 is 0 Å². The molecule has 0 radical (unpaired) electrons. The predicted octanol–water partition coefficient (Wildman–Crippen LogP) is 2.69. The molecular weight excluding hydrogens is 298 g/mol. The molecule has 128 valence electrons. The number of benzene rings is 1. The fourth-order valence-corrected chi connectivity index (χ4v) is 4.96. The Morgan fingerprint density at radius 2 is 2.04 bits per heavy atom. The van der Waals surface area contributed by atoms with Crippen molar-refractivity contribution in [1.29, 1.82) is 0 Å². The van der Waals surface area contributed by atoms with Gasteiger partial charge in [0.1, 0.15) is 5.82 Å². The van der Waals surface area contributed by atoms with Crippen molar-refractivity contribution in [3.05, 3.63) is 53.6 Å². The van der Waals surface area contributed by atoms with Crippen LogP contribution < -0.4 is 0 Å². The molecule has 4 rings (SSSR count). The Morgan fingerprint density at radius 3 is 2.71 bits per heavy atom. The summed E-state index contributed by atoms with van der Waals surface area (Å²) >= 11 is 0. The van der Waals surface area contributed by atoms with Crippen molar-refractivity contribution in [3.8, 4) is 0 Å². The number of imidazole rings is 1. The van der Waals surface area contributed by atoms with Crippen LogP contribution in [0.5, 0.6) is 0 Å². The minimum atomic E-state index is 0.0118. The van der Waals surface area contributed by atoms with Crippen LogP contribution in [-0.4, -0.2) is 38.2 Å². The summed E-state index contributed by atoms with van der Waals surface area (Å²) in [5.41, 5.74) is 2.63. The van der Waals surface area contributed by atoms with Gasteiger partial charge in [0, 0.05) is 37.3 Å². The third kappa shape index (κ3) is 2.49. The molecule has 2 saturated heterocycles. The summed E-state index contributed by atoms with van der Waals surface area (Å²) in [6.07, 6.45) is 6.56. The van der Waals surface area contributed by atoms with Crippen molar-refractivity contribution in [2.45, 2.75) is 51.2 Å². The number of hydrogen-bond acceptors (Lipinski definition) is 3. The van der Waals surface area contributed by atoms with Gasteiger partial charge in [0.15, 0.2) is 0 Å². The van der Waals surface area contributed by atoms with Gasteiger partial charge in [-0.15, -0.1) is 0 Å². The summed E-state index contributed by atoms with van der Waals surface area (Å²) in [5, 5.41) is 10.3. The number of fused-ring (bicyclic) bond motifs is 2. The summed E-state index contributed by atoms with van der Waals surface area (Å²) in [4.78, 5) is 7.07. The number of aryl methyl sites for hydroxylation is 1. The molecule has 2 bridgehead atoms. The fourth-order valence-electron chi connectivity index (χ4n) is 4.96. The third-order valence-corrected chi connectivity index (χ3v) is 6.37. The molecule has 1 aromatic carbocycles. The number of aromatic nitrogens is 2. The van der Waals surface area contributed by atoms with Gasteiger partial charge >= 0.3 is 0 Å². The Morgan fingerprint density at radius 1 is 1.25 bits per heavy atom. The van der Waals surface area contributed by atoms with Gasteiger partial charge in [-0.2, -0.15) is 0 Å². The van der Waals surface area contributed by atoms with Crippen LogP contribution in [0.3, 0.4) is 0 Å². The van der Waals surface area contributed by atoms with Gasteiger partial charge < -0.3 is 9.67 Å². The lowest BCUT2D eigenvalue weighted by Crippen LogP contribution is -2.41. The second kappa shape index (κ2) is 6.01. The van der Waals surface area contributed by atoms with E-state index in [0.717, 1.165) is 25.2 Å². The summed E-state index contributed by atoms with van der Waals surface area (Å²) in [5.74, 6) is 1.06. The first-order chi connectivity index (χ1) is 11.6. The Balaban J connectivity index is 1.57. The molecular formula is C20H27N3O. The third-order valence-electron chi connectivity index (χ3n) is 6.37. The molecule has 1 N–H and O–H groups in total. The highest BCUT2D eigenvalue weighted by Crippen LogP contribution is 2.51. The fraction of sp³-hybridized carbons (Fsp3) is 0.550. The molecule has 24 heavy (non-hydrogen) atoms. The zero-order valence-electron chi connectivity index (χ0n) is 14.7. The average Bonchev–Trinajstić information content (AvgIpc) is 3.23. The number of rotatable bonds is 5. The molecule has 0 amide bonds. The Hall–Kier alpha value is -1.65. The molecule has 2 aliphatic rings. The first-order valence-corrected chi connectivity index (χ1v) is 9.01. The first kappa shape index (κ1) is 15.9. The minimum Gasteiger partial charge on any atom is -0.396 e. The Kier molecular flexibility index (Phi) is 3.97. The van der Waals surface area contributed by atoms with Crippen LogP contribution >= 0.6 is 0 Å². The SMILES string of the molecule is Cc1ncc(CN2[C@H]3CC[C@@H]2[C@@](CO)(Cc2ccccc2)C3)n1C. The van der Waals surface area contributed by atoms with Crippen LogP contribution in [0.4, 0.5) is 0 Å².